The Labute approximate surface area is 214 Å². The number of nitrogens with zero attached hydrogens (tertiary/aromatic N) is 4. The van der Waals surface area contributed by atoms with E-state index in [0.29, 0.717) is 25.6 Å². The number of aromatic nitrogens is 3. The largest absolute Gasteiger partial charge is 0.491 e. The number of ether oxygens (including phenoxy) is 2. The van der Waals surface area contributed by atoms with Crippen LogP contribution in [0.15, 0.2) is 24.5 Å². The molecule has 7 nitrogen and oxygen atoms in total. The summed E-state index contributed by atoms with van der Waals surface area (Å²) in [6.07, 6.45) is 6.63. The first kappa shape index (κ1) is 25.7. The van der Waals surface area contributed by atoms with Gasteiger partial charge >= 0.3 is 0 Å². The number of carbonyl (C=O) groups excluding carboxylic acids is 1. The molecule has 0 saturated carbocycles. The summed E-state index contributed by atoms with van der Waals surface area (Å²) in [6.45, 7) is 13.9. The minimum Gasteiger partial charge on any atom is -0.491 e. The molecule has 0 saturated heterocycles. The van der Waals surface area contributed by atoms with Crippen LogP contribution in [0.4, 0.5) is 0 Å². The SMILES string of the molecule is CCCCOc1nc(C)cc(C)c1CN1CCc2c(-c3cnn(C)c3)cc(OC(C)C)c(C)c2C1=O. The van der Waals surface area contributed by atoms with Crippen molar-refractivity contribution in [1.82, 2.24) is 19.7 Å². The lowest BCUT2D eigenvalue weighted by Gasteiger charge is -2.32. The van der Waals surface area contributed by atoms with Crippen LogP contribution in [0.1, 0.15) is 71.9 Å². The lowest BCUT2D eigenvalue weighted by molar-refractivity contribution is 0.0723. The number of fused-ring (bicyclic) bond motifs is 1. The van der Waals surface area contributed by atoms with Gasteiger partial charge in [-0.25, -0.2) is 4.98 Å². The topological polar surface area (TPSA) is 69.5 Å². The summed E-state index contributed by atoms with van der Waals surface area (Å²) in [5.41, 5.74) is 7.70. The molecule has 4 rings (SSSR count). The van der Waals surface area contributed by atoms with Crippen molar-refractivity contribution in [3.05, 3.63) is 58.0 Å². The molecule has 1 aliphatic heterocycles. The highest BCUT2D eigenvalue weighted by Gasteiger charge is 2.31. The zero-order valence-electron chi connectivity index (χ0n) is 22.6. The second kappa shape index (κ2) is 10.7. The van der Waals surface area contributed by atoms with Crippen molar-refractivity contribution < 1.29 is 14.3 Å². The summed E-state index contributed by atoms with van der Waals surface area (Å²) in [4.78, 5) is 20.6. The third-order valence-electron chi connectivity index (χ3n) is 6.68. The fourth-order valence-electron chi connectivity index (χ4n) is 4.86. The number of unbranched alkanes of at least 4 members (excludes halogenated alkanes) is 1. The van der Waals surface area contributed by atoms with Gasteiger partial charge in [0, 0.05) is 42.2 Å². The second-order valence-electron chi connectivity index (χ2n) is 10.0. The van der Waals surface area contributed by atoms with Crippen molar-refractivity contribution in [3.63, 3.8) is 0 Å². The van der Waals surface area contributed by atoms with E-state index < -0.39 is 0 Å². The predicted octanol–water partition coefficient (Wildman–Crippen LogP) is 5.57. The van der Waals surface area contributed by atoms with Gasteiger partial charge in [0.25, 0.3) is 5.91 Å². The molecule has 0 radical (unpaired) electrons. The number of hydrogen-bond donors (Lipinski definition) is 0. The van der Waals surface area contributed by atoms with Gasteiger partial charge in [0.15, 0.2) is 0 Å². The molecule has 0 N–H and O–H groups in total. The van der Waals surface area contributed by atoms with Crippen LogP contribution in [0.5, 0.6) is 11.6 Å². The van der Waals surface area contributed by atoms with E-state index >= 15 is 0 Å². The van der Waals surface area contributed by atoms with Crippen LogP contribution >= 0.6 is 0 Å². The average Bonchev–Trinajstić information content (AvgIpc) is 3.24. The van der Waals surface area contributed by atoms with Crippen LogP contribution in [0.25, 0.3) is 11.1 Å². The monoisotopic (exact) mass is 490 g/mol. The lowest BCUT2D eigenvalue weighted by Crippen LogP contribution is -2.38. The van der Waals surface area contributed by atoms with Crippen LogP contribution in [0, 0.1) is 20.8 Å². The predicted molar refractivity (Wildman–Crippen MR) is 142 cm³/mol. The summed E-state index contributed by atoms with van der Waals surface area (Å²) in [6, 6.07) is 4.13. The van der Waals surface area contributed by atoms with Crippen molar-refractivity contribution in [2.75, 3.05) is 13.2 Å². The molecule has 0 bridgehead atoms. The molecule has 192 valence electrons. The van der Waals surface area contributed by atoms with E-state index in [9.17, 15) is 4.79 Å². The third-order valence-corrected chi connectivity index (χ3v) is 6.68. The summed E-state index contributed by atoms with van der Waals surface area (Å²) >= 11 is 0. The number of hydrogen-bond acceptors (Lipinski definition) is 5. The van der Waals surface area contributed by atoms with Crippen LogP contribution in [0.2, 0.25) is 0 Å². The molecule has 0 spiro atoms. The molecule has 7 heteroatoms. The maximum atomic E-state index is 14.0. The first-order valence-electron chi connectivity index (χ1n) is 12.9. The van der Waals surface area contributed by atoms with E-state index in [1.165, 1.54) is 0 Å². The van der Waals surface area contributed by atoms with Crippen molar-refractivity contribution >= 4 is 5.91 Å². The Kier molecular flexibility index (Phi) is 7.67. The number of carbonyl (C=O) groups is 1. The maximum absolute atomic E-state index is 14.0. The number of amides is 1. The number of pyridine rings is 1. The number of aryl methyl sites for hydroxylation is 3. The van der Waals surface area contributed by atoms with Crippen LogP contribution < -0.4 is 9.47 Å². The van der Waals surface area contributed by atoms with E-state index in [0.717, 1.165) is 69.7 Å². The van der Waals surface area contributed by atoms with Gasteiger partial charge in [-0.15, -0.1) is 0 Å². The molecule has 0 fully saturated rings. The van der Waals surface area contributed by atoms with Crippen molar-refractivity contribution in [1.29, 1.82) is 0 Å². The fraction of sp³-hybridized carbons (Fsp3) is 0.483. The van der Waals surface area contributed by atoms with E-state index in [1.54, 1.807) is 4.68 Å². The normalized spacial score (nSPS) is 13.3. The molecule has 1 amide bonds. The van der Waals surface area contributed by atoms with Gasteiger partial charge in [-0.1, -0.05) is 13.3 Å². The van der Waals surface area contributed by atoms with Crippen molar-refractivity contribution in [3.8, 4) is 22.8 Å². The summed E-state index contributed by atoms with van der Waals surface area (Å²) in [5, 5.41) is 4.36. The van der Waals surface area contributed by atoms with Gasteiger partial charge in [0.1, 0.15) is 5.75 Å². The quantitative estimate of drug-likeness (QED) is 0.367. The minimum atomic E-state index is 0.00223. The maximum Gasteiger partial charge on any atom is 0.254 e. The molecule has 0 aliphatic carbocycles. The van der Waals surface area contributed by atoms with Crippen molar-refractivity contribution in [2.24, 2.45) is 7.05 Å². The van der Waals surface area contributed by atoms with Crippen molar-refractivity contribution in [2.45, 2.75) is 73.5 Å². The van der Waals surface area contributed by atoms with Gasteiger partial charge < -0.3 is 14.4 Å². The van der Waals surface area contributed by atoms with Gasteiger partial charge in [-0.3, -0.25) is 9.48 Å². The van der Waals surface area contributed by atoms with Gasteiger partial charge in [0.05, 0.1) is 31.0 Å². The van der Waals surface area contributed by atoms with Gasteiger partial charge in [-0.2, -0.15) is 5.10 Å². The van der Waals surface area contributed by atoms with E-state index in [-0.39, 0.29) is 12.0 Å². The Morgan fingerprint density at radius 3 is 2.61 bits per heavy atom. The highest BCUT2D eigenvalue weighted by molar-refractivity contribution is 6.01. The van der Waals surface area contributed by atoms with E-state index in [2.05, 4.69) is 36.1 Å². The zero-order valence-corrected chi connectivity index (χ0v) is 22.6. The summed E-state index contributed by atoms with van der Waals surface area (Å²) in [5.74, 6) is 1.41. The highest BCUT2D eigenvalue weighted by atomic mass is 16.5. The van der Waals surface area contributed by atoms with Crippen LogP contribution in [0.3, 0.4) is 0 Å². The smallest absolute Gasteiger partial charge is 0.254 e. The van der Waals surface area contributed by atoms with Gasteiger partial charge in [-0.05, 0) is 76.3 Å². The molecule has 36 heavy (non-hydrogen) atoms. The van der Waals surface area contributed by atoms with E-state index in [4.69, 9.17) is 9.47 Å². The first-order valence-corrected chi connectivity index (χ1v) is 12.9. The summed E-state index contributed by atoms with van der Waals surface area (Å²) < 4.78 is 14.0. The Hall–Kier alpha value is -3.35. The fourth-order valence-corrected chi connectivity index (χ4v) is 4.86. The van der Waals surface area contributed by atoms with E-state index in [1.807, 2.05) is 52.0 Å². The molecule has 1 aliphatic rings. The second-order valence-corrected chi connectivity index (χ2v) is 10.0. The minimum absolute atomic E-state index is 0.00223. The zero-order chi connectivity index (χ0) is 26.0. The van der Waals surface area contributed by atoms with Crippen LogP contribution in [-0.2, 0) is 20.0 Å². The Balaban J connectivity index is 1.73. The molecule has 3 aromatic rings. The molecular weight excluding hydrogens is 452 g/mol. The summed E-state index contributed by atoms with van der Waals surface area (Å²) in [7, 11) is 1.90. The Bertz CT molecular complexity index is 1260. The molecular formula is C29H38N4O3. The number of rotatable bonds is 9. The van der Waals surface area contributed by atoms with Gasteiger partial charge in [0.2, 0.25) is 5.88 Å². The molecule has 1 aromatic carbocycles. The number of benzene rings is 1. The first-order chi connectivity index (χ1) is 17.2. The highest BCUT2D eigenvalue weighted by Crippen LogP contribution is 2.38. The average molecular weight is 491 g/mol. The lowest BCUT2D eigenvalue weighted by atomic mass is 9.87. The molecule has 3 heterocycles. The Morgan fingerprint density at radius 2 is 1.94 bits per heavy atom. The molecule has 2 aromatic heterocycles. The Morgan fingerprint density at radius 1 is 1.17 bits per heavy atom. The standard InChI is InChI=1S/C29H38N4O3/c1-8-9-12-35-28-25(19(4)13-20(5)31-28)17-33-11-10-23-24(22-15-30-32(7)16-22)14-26(36-18(2)3)21(6)27(23)29(33)34/h13-16,18H,8-12,17H2,1-7H3. The third kappa shape index (κ3) is 5.25. The van der Waals surface area contributed by atoms with Crippen LogP contribution in [-0.4, -0.2) is 44.8 Å². The molecule has 0 atom stereocenters. The molecule has 0 unspecified atom stereocenters.